The van der Waals surface area contributed by atoms with Crippen LogP contribution >= 0.6 is 11.6 Å². The summed E-state index contributed by atoms with van der Waals surface area (Å²) in [6.45, 7) is 5.31. The standard InChI is InChI=1S/C10H15ClN4/c1-8-7-14(2)5-6-15(8)9-3-4-12-10(11)13-9/h3-4,8H,5-7H2,1-2H3. The van der Waals surface area contributed by atoms with Crippen LogP contribution in [0.4, 0.5) is 5.82 Å². The van der Waals surface area contributed by atoms with Gasteiger partial charge in [0.25, 0.3) is 0 Å². The first-order valence-electron chi connectivity index (χ1n) is 5.10. The van der Waals surface area contributed by atoms with Crippen LogP contribution in [0.5, 0.6) is 0 Å². The Bertz CT molecular complexity index is 344. The second-order valence-corrected chi connectivity index (χ2v) is 4.33. The molecule has 82 valence electrons. The van der Waals surface area contributed by atoms with E-state index in [0.717, 1.165) is 25.5 Å². The van der Waals surface area contributed by atoms with Crippen molar-refractivity contribution in [3.8, 4) is 0 Å². The first-order valence-corrected chi connectivity index (χ1v) is 5.48. The molecule has 0 aliphatic carbocycles. The van der Waals surface area contributed by atoms with E-state index in [1.165, 1.54) is 0 Å². The molecule has 0 aromatic carbocycles. The van der Waals surface area contributed by atoms with Gasteiger partial charge in [0.05, 0.1) is 0 Å². The highest BCUT2D eigenvalue weighted by atomic mass is 35.5. The van der Waals surface area contributed by atoms with Crippen molar-refractivity contribution >= 4 is 17.4 Å². The highest BCUT2D eigenvalue weighted by molar-refractivity contribution is 6.28. The fraction of sp³-hybridized carbons (Fsp3) is 0.600. The van der Waals surface area contributed by atoms with E-state index >= 15 is 0 Å². The molecule has 0 saturated carbocycles. The van der Waals surface area contributed by atoms with Gasteiger partial charge in [-0.15, -0.1) is 0 Å². The zero-order valence-corrected chi connectivity index (χ0v) is 9.78. The lowest BCUT2D eigenvalue weighted by Crippen LogP contribution is -2.50. The monoisotopic (exact) mass is 226 g/mol. The van der Waals surface area contributed by atoms with Gasteiger partial charge in [0.2, 0.25) is 5.28 Å². The number of aromatic nitrogens is 2. The summed E-state index contributed by atoms with van der Waals surface area (Å²) < 4.78 is 0. The van der Waals surface area contributed by atoms with Crippen LogP contribution in [0.25, 0.3) is 0 Å². The molecule has 0 bridgehead atoms. The third kappa shape index (κ3) is 2.38. The van der Waals surface area contributed by atoms with E-state index in [9.17, 15) is 0 Å². The summed E-state index contributed by atoms with van der Waals surface area (Å²) >= 11 is 5.78. The number of hydrogen-bond donors (Lipinski definition) is 0. The van der Waals surface area contributed by atoms with Crippen LogP contribution in [-0.2, 0) is 0 Å². The van der Waals surface area contributed by atoms with Gasteiger partial charge < -0.3 is 9.80 Å². The number of rotatable bonds is 1. The molecule has 1 aromatic heterocycles. The maximum atomic E-state index is 5.78. The highest BCUT2D eigenvalue weighted by Crippen LogP contribution is 2.18. The van der Waals surface area contributed by atoms with E-state index in [4.69, 9.17) is 11.6 Å². The quantitative estimate of drug-likeness (QED) is 0.676. The summed E-state index contributed by atoms with van der Waals surface area (Å²) in [5, 5.41) is 0.318. The van der Waals surface area contributed by atoms with E-state index in [1.54, 1.807) is 6.20 Å². The Morgan fingerprint density at radius 1 is 1.47 bits per heavy atom. The molecule has 2 heterocycles. The first kappa shape index (κ1) is 10.6. The van der Waals surface area contributed by atoms with Crippen molar-refractivity contribution < 1.29 is 0 Å². The van der Waals surface area contributed by atoms with Gasteiger partial charge in [-0.05, 0) is 31.6 Å². The summed E-state index contributed by atoms with van der Waals surface area (Å²) in [7, 11) is 2.14. The molecule has 0 radical (unpaired) electrons. The molecule has 1 saturated heterocycles. The summed E-state index contributed by atoms with van der Waals surface area (Å²) in [5.41, 5.74) is 0. The Balaban J connectivity index is 2.17. The Morgan fingerprint density at radius 3 is 2.93 bits per heavy atom. The molecule has 0 N–H and O–H groups in total. The molecule has 2 rings (SSSR count). The summed E-state index contributed by atoms with van der Waals surface area (Å²) in [4.78, 5) is 12.7. The Labute approximate surface area is 94.9 Å². The van der Waals surface area contributed by atoms with E-state index in [-0.39, 0.29) is 0 Å². The Kier molecular flexibility index (Phi) is 3.07. The SMILES string of the molecule is CC1CN(C)CCN1c1ccnc(Cl)n1. The minimum absolute atomic E-state index is 0.318. The second-order valence-electron chi connectivity index (χ2n) is 3.99. The molecule has 1 atom stereocenters. The normalized spacial score (nSPS) is 23.1. The second kappa shape index (κ2) is 4.33. The molecule has 1 aliphatic heterocycles. The van der Waals surface area contributed by atoms with Crippen LogP contribution in [0, 0.1) is 0 Å². The largest absolute Gasteiger partial charge is 0.351 e. The summed E-state index contributed by atoms with van der Waals surface area (Å²) in [6, 6.07) is 2.38. The molecule has 4 nitrogen and oxygen atoms in total. The number of nitrogens with zero attached hydrogens (tertiary/aromatic N) is 4. The van der Waals surface area contributed by atoms with Gasteiger partial charge in [-0.3, -0.25) is 0 Å². The summed E-state index contributed by atoms with van der Waals surface area (Å²) in [5.74, 6) is 0.926. The van der Waals surface area contributed by atoms with Gasteiger partial charge in [-0.2, -0.15) is 0 Å². The van der Waals surface area contributed by atoms with Crippen molar-refractivity contribution in [2.45, 2.75) is 13.0 Å². The zero-order chi connectivity index (χ0) is 10.8. The van der Waals surface area contributed by atoms with Crippen molar-refractivity contribution in [2.75, 3.05) is 31.6 Å². The van der Waals surface area contributed by atoms with Gasteiger partial charge in [-0.1, -0.05) is 0 Å². The van der Waals surface area contributed by atoms with Gasteiger partial charge in [0.1, 0.15) is 5.82 Å². The van der Waals surface area contributed by atoms with Crippen LogP contribution in [0.3, 0.4) is 0 Å². The van der Waals surface area contributed by atoms with Crippen LogP contribution < -0.4 is 4.90 Å². The number of anilines is 1. The maximum Gasteiger partial charge on any atom is 0.224 e. The van der Waals surface area contributed by atoms with Crippen molar-refractivity contribution in [1.82, 2.24) is 14.9 Å². The van der Waals surface area contributed by atoms with Gasteiger partial charge in [0, 0.05) is 31.9 Å². The number of piperazine rings is 1. The van der Waals surface area contributed by atoms with E-state index in [1.807, 2.05) is 6.07 Å². The zero-order valence-electron chi connectivity index (χ0n) is 9.02. The molecule has 1 aromatic rings. The lowest BCUT2D eigenvalue weighted by atomic mass is 10.2. The van der Waals surface area contributed by atoms with Gasteiger partial charge in [-0.25, -0.2) is 9.97 Å². The highest BCUT2D eigenvalue weighted by Gasteiger charge is 2.22. The average molecular weight is 227 g/mol. The third-order valence-corrected chi connectivity index (χ3v) is 2.92. The fourth-order valence-corrected chi connectivity index (χ4v) is 2.11. The number of halogens is 1. The predicted molar refractivity (Wildman–Crippen MR) is 61.3 cm³/mol. The molecular formula is C10H15ClN4. The van der Waals surface area contributed by atoms with Gasteiger partial charge >= 0.3 is 0 Å². The lowest BCUT2D eigenvalue weighted by molar-refractivity contribution is 0.274. The lowest BCUT2D eigenvalue weighted by Gasteiger charge is -2.38. The first-order chi connectivity index (χ1) is 7.16. The third-order valence-electron chi connectivity index (χ3n) is 2.74. The van der Waals surface area contributed by atoms with Crippen LogP contribution in [0.1, 0.15) is 6.92 Å². The fourth-order valence-electron chi connectivity index (χ4n) is 1.97. The Hall–Kier alpha value is -0.870. The van der Waals surface area contributed by atoms with E-state index in [0.29, 0.717) is 11.3 Å². The van der Waals surface area contributed by atoms with Crippen LogP contribution in [-0.4, -0.2) is 47.6 Å². The molecular weight excluding hydrogens is 212 g/mol. The molecule has 1 fully saturated rings. The minimum Gasteiger partial charge on any atom is -0.351 e. The van der Waals surface area contributed by atoms with Crippen molar-refractivity contribution in [3.63, 3.8) is 0 Å². The topological polar surface area (TPSA) is 32.3 Å². The minimum atomic E-state index is 0.318. The number of hydrogen-bond acceptors (Lipinski definition) is 4. The molecule has 1 unspecified atom stereocenters. The molecule has 1 aliphatic rings. The molecule has 0 amide bonds. The van der Waals surface area contributed by atoms with Crippen molar-refractivity contribution in [2.24, 2.45) is 0 Å². The smallest absolute Gasteiger partial charge is 0.224 e. The number of likely N-dealkylation sites (N-methyl/N-ethyl adjacent to an activating group) is 1. The molecule has 5 heteroatoms. The van der Waals surface area contributed by atoms with Crippen LogP contribution in [0.2, 0.25) is 5.28 Å². The van der Waals surface area contributed by atoms with E-state index < -0.39 is 0 Å². The van der Waals surface area contributed by atoms with E-state index in [2.05, 4.69) is 33.7 Å². The molecule has 15 heavy (non-hydrogen) atoms. The van der Waals surface area contributed by atoms with Crippen LogP contribution in [0.15, 0.2) is 12.3 Å². The Morgan fingerprint density at radius 2 is 2.27 bits per heavy atom. The summed E-state index contributed by atoms with van der Waals surface area (Å²) in [6.07, 6.45) is 1.70. The predicted octanol–water partition coefficient (Wildman–Crippen LogP) is 1.27. The molecule has 0 spiro atoms. The average Bonchev–Trinajstić information content (AvgIpc) is 2.17. The maximum absolute atomic E-state index is 5.78. The van der Waals surface area contributed by atoms with Crippen molar-refractivity contribution in [3.05, 3.63) is 17.5 Å². The van der Waals surface area contributed by atoms with Gasteiger partial charge in [0.15, 0.2) is 0 Å². The van der Waals surface area contributed by atoms with Crippen molar-refractivity contribution in [1.29, 1.82) is 0 Å².